The van der Waals surface area contributed by atoms with E-state index in [4.69, 9.17) is 0 Å². The zero-order chi connectivity index (χ0) is 25.5. The average molecular weight is 475 g/mol. The highest BCUT2D eigenvalue weighted by Gasteiger charge is 2.65. The summed E-state index contributed by atoms with van der Waals surface area (Å²) in [5, 5.41) is 31.3. The van der Waals surface area contributed by atoms with Crippen molar-refractivity contribution in [2.45, 2.75) is 125 Å². The monoisotopic (exact) mass is 474 g/mol. The number of hydrogen-bond donors (Lipinski definition) is 3. The normalized spacial score (nSPS) is 44.4. The van der Waals surface area contributed by atoms with E-state index < -0.39 is 17.8 Å². The van der Waals surface area contributed by atoms with Crippen LogP contribution in [0.1, 0.15) is 107 Å². The van der Waals surface area contributed by atoms with Crippen LogP contribution >= 0.6 is 0 Å². The van der Waals surface area contributed by atoms with Gasteiger partial charge in [-0.3, -0.25) is 4.79 Å². The molecule has 0 spiro atoms. The van der Waals surface area contributed by atoms with Crippen molar-refractivity contribution in [2.24, 2.45) is 45.3 Å². The van der Waals surface area contributed by atoms with Gasteiger partial charge in [0.1, 0.15) is 11.9 Å². The van der Waals surface area contributed by atoms with Gasteiger partial charge in [-0.2, -0.15) is 0 Å². The molecule has 0 amide bonds. The topological polar surface area (TPSA) is 77.8 Å². The molecule has 194 valence electrons. The van der Waals surface area contributed by atoms with E-state index in [0.29, 0.717) is 30.0 Å². The number of allylic oxidation sites excluding steroid dienone is 2. The highest BCUT2D eigenvalue weighted by atomic mass is 16.4. The number of aliphatic hydroxyl groups is 3. The molecule has 0 aliphatic heterocycles. The van der Waals surface area contributed by atoms with Crippen molar-refractivity contribution in [2.75, 3.05) is 0 Å². The van der Waals surface area contributed by atoms with Crippen molar-refractivity contribution in [3.8, 4) is 0 Å². The van der Waals surface area contributed by atoms with Crippen LogP contribution in [0.4, 0.5) is 0 Å². The predicted molar refractivity (Wildman–Crippen MR) is 136 cm³/mol. The number of Topliss-reactive ketones (excluding diaryl/α,β-unsaturated/α-hetero) is 1. The van der Waals surface area contributed by atoms with Gasteiger partial charge in [-0.25, -0.2) is 0 Å². The van der Waals surface area contributed by atoms with Gasteiger partial charge < -0.3 is 15.3 Å². The molecule has 0 saturated heterocycles. The fraction of sp³-hybridized carbons (Fsp3) is 0.900. The lowest BCUT2D eigenvalue weighted by atomic mass is 9.41. The lowest BCUT2D eigenvalue weighted by Gasteiger charge is -2.63. The first-order chi connectivity index (χ1) is 15.5. The highest BCUT2D eigenvalue weighted by molar-refractivity contribution is 5.85. The summed E-state index contributed by atoms with van der Waals surface area (Å²) in [6, 6.07) is 0. The molecule has 9 atom stereocenters. The van der Waals surface area contributed by atoms with Gasteiger partial charge in [-0.05, 0) is 98.7 Å². The molecule has 0 aromatic rings. The molecule has 0 aromatic carbocycles. The summed E-state index contributed by atoms with van der Waals surface area (Å²) in [5.74, 6) is 2.19. The van der Waals surface area contributed by atoms with E-state index in [0.717, 1.165) is 25.7 Å². The molecule has 2 unspecified atom stereocenters. The smallest absolute Gasteiger partial charge is 0.138 e. The number of fused-ring (bicyclic) bond motifs is 5. The molecule has 0 aromatic heterocycles. The van der Waals surface area contributed by atoms with Gasteiger partial charge in [0.05, 0.1) is 11.7 Å². The Morgan fingerprint density at radius 1 is 1.06 bits per heavy atom. The van der Waals surface area contributed by atoms with Crippen LogP contribution in [0.15, 0.2) is 11.6 Å². The zero-order valence-electron chi connectivity index (χ0n) is 22.9. The maximum atomic E-state index is 12.8. The molecule has 4 aliphatic rings. The minimum absolute atomic E-state index is 0.147. The van der Waals surface area contributed by atoms with Gasteiger partial charge in [-0.15, -0.1) is 0 Å². The van der Waals surface area contributed by atoms with E-state index in [2.05, 4.69) is 47.6 Å². The third-order valence-electron chi connectivity index (χ3n) is 12.0. The standard InChI is InChI=1S/C30H50O4/c1-18(17-22(31)25(33)27(4,5)34)19-11-15-30(8)21-9-10-23-26(2,3)24(32)13-14-28(23,6)20(21)12-16-29(19,30)7/h9,18-20,22-23,25,31,33-34H,10-17H2,1-8H3/t18-,19-,20?,22+,23?,25+,28+,29-,30+/m0/s1. The first-order valence-corrected chi connectivity index (χ1v) is 13.8. The highest BCUT2D eigenvalue weighted by Crippen LogP contribution is 2.73. The van der Waals surface area contributed by atoms with Crippen molar-refractivity contribution >= 4 is 5.78 Å². The second kappa shape index (κ2) is 8.15. The van der Waals surface area contributed by atoms with E-state index >= 15 is 0 Å². The largest absolute Gasteiger partial charge is 0.390 e. The lowest BCUT2D eigenvalue weighted by molar-refractivity contribution is -0.146. The summed E-state index contributed by atoms with van der Waals surface area (Å²) in [4.78, 5) is 12.8. The molecule has 3 saturated carbocycles. The summed E-state index contributed by atoms with van der Waals surface area (Å²) in [6.07, 6.45) is 8.46. The second-order valence-corrected chi connectivity index (χ2v) is 14.5. The van der Waals surface area contributed by atoms with E-state index in [9.17, 15) is 20.1 Å². The molecular weight excluding hydrogens is 424 g/mol. The van der Waals surface area contributed by atoms with E-state index in [1.165, 1.54) is 19.3 Å². The maximum absolute atomic E-state index is 12.8. The van der Waals surface area contributed by atoms with Gasteiger partial charge in [0.2, 0.25) is 0 Å². The molecule has 34 heavy (non-hydrogen) atoms. The van der Waals surface area contributed by atoms with Gasteiger partial charge in [0, 0.05) is 11.8 Å². The Bertz CT molecular complexity index is 852. The molecule has 4 rings (SSSR count). The van der Waals surface area contributed by atoms with Crippen molar-refractivity contribution in [1.29, 1.82) is 0 Å². The quantitative estimate of drug-likeness (QED) is 0.448. The van der Waals surface area contributed by atoms with Crippen LogP contribution in [-0.4, -0.2) is 38.9 Å². The van der Waals surface area contributed by atoms with Gasteiger partial charge >= 0.3 is 0 Å². The molecule has 0 heterocycles. The Morgan fingerprint density at radius 2 is 1.71 bits per heavy atom. The minimum Gasteiger partial charge on any atom is -0.390 e. The molecule has 3 fully saturated rings. The first kappa shape index (κ1) is 26.4. The second-order valence-electron chi connectivity index (χ2n) is 14.5. The number of aliphatic hydroxyl groups excluding tert-OH is 2. The van der Waals surface area contributed by atoms with Crippen molar-refractivity contribution in [3.05, 3.63) is 11.6 Å². The van der Waals surface area contributed by atoms with Crippen molar-refractivity contribution in [1.82, 2.24) is 0 Å². The van der Waals surface area contributed by atoms with E-state index in [-0.39, 0.29) is 27.6 Å². The van der Waals surface area contributed by atoms with Crippen LogP contribution < -0.4 is 0 Å². The number of rotatable bonds is 5. The Hall–Kier alpha value is -0.710. The Kier molecular flexibility index (Phi) is 6.32. The Balaban J connectivity index is 1.60. The van der Waals surface area contributed by atoms with E-state index in [1.807, 2.05) is 0 Å². The third kappa shape index (κ3) is 3.60. The summed E-state index contributed by atoms with van der Waals surface area (Å²) in [7, 11) is 0. The SMILES string of the molecule is C[C@@H](C[C@@H](O)[C@@H](O)C(C)(C)O)[C@@H]1CC[C@]2(C)C3=CCC4C(C)(C)C(=O)CC[C@]4(C)C3CC[C@@]12C. The fourth-order valence-corrected chi connectivity index (χ4v) is 9.61. The van der Waals surface area contributed by atoms with Gasteiger partial charge in [-0.1, -0.05) is 53.2 Å². The fourth-order valence-electron chi connectivity index (χ4n) is 9.61. The first-order valence-electron chi connectivity index (χ1n) is 13.8. The molecule has 4 heteroatoms. The number of carbonyl (C=O) groups excluding carboxylic acids is 1. The number of carbonyl (C=O) groups is 1. The van der Waals surface area contributed by atoms with Crippen molar-refractivity contribution in [3.63, 3.8) is 0 Å². The number of hydrogen-bond acceptors (Lipinski definition) is 4. The molecular formula is C30H50O4. The van der Waals surface area contributed by atoms with E-state index in [1.54, 1.807) is 19.4 Å². The summed E-state index contributed by atoms with van der Waals surface area (Å²) < 4.78 is 0. The number of ketones is 1. The summed E-state index contributed by atoms with van der Waals surface area (Å²) >= 11 is 0. The van der Waals surface area contributed by atoms with Crippen LogP contribution in [0, 0.1) is 45.3 Å². The van der Waals surface area contributed by atoms with Gasteiger partial charge in [0.25, 0.3) is 0 Å². The molecule has 4 nitrogen and oxygen atoms in total. The van der Waals surface area contributed by atoms with Crippen LogP contribution in [-0.2, 0) is 4.79 Å². The van der Waals surface area contributed by atoms with Crippen molar-refractivity contribution < 1.29 is 20.1 Å². The molecule has 4 aliphatic carbocycles. The van der Waals surface area contributed by atoms with Crippen LogP contribution in [0.25, 0.3) is 0 Å². The Morgan fingerprint density at radius 3 is 2.32 bits per heavy atom. The van der Waals surface area contributed by atoms with Crippen LogP contribution in [0.5, 0.6) is 0 Å². The Labute approximate surface area is 207 Å². The van der Waals surface area contributed by atoms with Gasteiger partial charge in [0.15, 0.2) is 0 Å². The average Bonchev–Trinajstić information content (AvgIpc) is 3.01. The maximum Gasteiger partial charge on any atom is 0.138 e. The van der Waals surface area contributed by atoms with Crippen LogP contribution in [0.3, 0.4) is 0 Å². The lowest BCUT2D eigenvalue weighted by Crippen LogP contribution is -2.57. The molecule has 3 N–H and O–H groups in total. The summed E-state index contributed by atoms with van der Waals surface area (Å²) in [6.45, 7) is 17.2. The predicted octanol–water partition coefficient (Wildman–Crippen LogP) is 5.68. The minimum atomic E-state index is -1.31. The summed E-state index contributed by atoms with van der Waals surface area (Å²) in [5.41, 5.74) is 0.630. The zero-order valence-corrected chi connectivity index (χ0v) is 22.9. The van der Waals surface area contributed by atoms with Crippen LogP contribution in [0.2, 0.25) is 0 Å². The molecule has 0 bridgehead atoms. The molecule has 0 radical (unpaired) electrons. The third-order valence-corrected chi connectivity index (χ3v) is 12.0.